The molecule has 110 valence electrons. The van der Waals surface area contributed by atoms with Crippen LogP contribution in [0.4, 0.5) is 0 Å². The largest absolute Gasteiger partial charge is 0.486 e. The molecule has 0 fully saturated rings. The van der Waals surface area contributed by atoms with E-state index >= 15 is 0 Å². The zero-order valence-electron chi connectivity index (χ0n) is 11.9. The summed E-state index contributed by atoms with van der Waals surface area (Å²) >= 11 is 11.8. The third-order valence-electron chi connectivity index (χ3n) is 3.43. The van der Waals surface area contributed by atoms with E-state index in [4.69, 9.17) is 27.9 Å². The van der Waals surface area contributed by atoms with E-state index in [9.17, 15) is 4.79 Å². The van der Waals surface area contributed by atoms with Crippen LogP contribution in [0.3, 0.4) is 0 Å². The van der Waals surface area contributed by atoms with Crippen LogP contribution >= 0.6 is 23.2 Å². The number of benzene rings is 2. The van der Waals surface area contributed by atoms with Crippen molar-refractivity contribution < 1.29 is 9.53 Å². The molecule has 0 atom stereocenters. The van der Waals surface area contributed by atoms with Gasteiger partial charge in [0.05, 0.1) is 5.41 Å². The van der Waals surface area contributed by atoms with Crippen molar-refractivity contribution >= 4 is 29.0 Å². The van der Waals surface area contributed by atoms with Gasteiger partial charge in [-0.25, -0.2) is 0 Å². The Morgan fingerprint density at radius 2 is 1.71 bits per heavy atom. The van der Waals surface area contributed by atoms with E-state index in [2.05, 4.69) is 0 Å². The van der Waals surface area contributed by atoms with Crippen LogP contribution in [0.15, 0.2) is 48.5 Å². The highest BCUT2D eigenvalue weighted by Crippen LogP contribution is 2.27. The maximum absolute atomic E-state index is 12.4. The molecule has 21 heavy (non-hydrogen) atoms. The van der Waals surface area contributed by atoms with E-state index < -0.39 is 5.41 Å². The minimum absolute atomic E-state index is 0.00114. The molecule has 0 aliphatic heterocycles. The zero-order chi connectivity index (χ0) is 15.5. The second-order valence-electron chi connectivity index (χ2n) is 5.30. The van der Waals surface area contributed by atoms with Gasteiger partial charge in [-0.15, -0.1) is 0 Å². The van der Waals surface area contributed by atoms with Crippen molar-refractivity contribution in [2.45, 2.75) is 19.3 Å². The first-order valence-corrected chi connectivity index (χ1v) is 7.33. The van der Waals surface area contributed by atoms with Gasteiger partial charge < -0.3 is 4.74 Å². The summed E-state index contributed by atoms with van der Waals surface area (Å²) in [6, 6.07) is 14.3. The van der Waals surface area contributed by atoms with Gasteiger partial charge in [-0.1, -0.05) is 35.3 Å². The smallest absolute Gasteiger partial charge is 0.180 e. The van der Waals surface area contributed by atoms with Gasteiger partial charge >= 0.3 is 0 Å². The van der Waals surface area contributed by atoms with Gasteiger partial charge in [-0.2, -0.15) is 0 Å². The number of halogens is 2. The number of carbonyl (C=O) groups excluding carboxylic acids is 1. The average Bonchev–Trinajstić information content (AvgIpc) is 2.46. The molecule has 0 aliphatic carbocycles. The summed E-state index contributed by atoms with van der Waals surface area (Å²) < 4.78 is 5.52. The number of hydrogen-bond acceptors (Lipinski definition) is 2. The quantitative estimate of drug-likeness (QED) is 0.781. The summed E-state index contributed by atoms with van der Waals surface area (Å²) in [5.74, 6) is 0.606. The molecule has 2 nitrogen and oxygen atoms in total. The van der Waals surface area contributed by atoms with Gasteiger partial charge in [0.25, 0.3) is 0 Å². The number of hydrogen-bond donors (Lipinski definition) is 0. The van der Waals surface area contributed by atoms with Gasteiger partial charge in [0, 0.05) is 10.0 Å². The second kappa shape index (κ2) is 6.50. The Kier molecular flexibility index (Phi) is 4.92. The van der Waals surface area contributed by atoms with Gasteiger partial charge in [0.15, 0.2) is 5.78 Å². The second-order valence-corrected chi connectivity index (χ2v) is 6.17. The lowest BCUT2D eigenvalue weighted by Gasteiger charge is -2.24. The normalized spacial score (nSPS) is 11.2. The molecule has 0 spiro atoms. The molecule has 0 unspecified atom stereocenters. The number of ether oxygens (including phenoxy) is 1. The highest BCUT2D eigenvalue weighted by atomic mass is 35.5. The Morgan fingerprint density at radius 1 is 1.05 bits per heavy atom. The fourth-order valence-corrected chi connectivity index (χ4v) is 2.21. The Morgan fingerprint density at radius 3 is 2.33 bits per heavy atom. The fraction of sp³-hybridized carbons (Fsp3) is 0.235. The third-order valence-corrected chi connectivity index (χ3v) is 3.91. The predicted molar refractivity (Wildman–Crippen MR) is 86.4 cm³/mol. The van der Waals surface area contributed by atoms with Gasteiger partial charge in [0.2, 0.25) is 0 Å². The lowest BCUT2D eigenvalue weighted by atomic mass is 9.81. The molecular weight excluding hydrogens is 307 g/mol. The summed E-state index contributed by atoms with van der Waals surface area (Å²) in [5.41, 5.74) is 0.219. The standard InChI is InChI=1S/C17H16Cl2O2/c1-17(2,12-4-3-5-14(19)10-12)16(20)11-21-15-8-6-13(18)7-9-15/h3-10H,11H2,1-2H3. The van der Waals surface area contributed by atoms with Gasteiger partial charge in [-0.05, 0) is 55.8 Å². The summed E-state index contributed by atoms with van der Waals surface area (Å²) in [7, 11) is 0. The summed E-state index contributed by atoms with van der Waals surface area (Å²) in [4.78, 5) is 12.4. The molecular formula is C17H16Cl2O2. The van der Waals surface area contributed by atoms with Crippen LogP contribution in [0.5, 0.6) is 5.75 Å². The summed E-state index contributed by atoms with van der Waals surface area (Å²) in [6.07, 6.45) is 0. The topological polar surface area (TPSA) is 26.3 Å². The van der Waals surface area contributed by atoms with E-state index in [0.717, 1.165) is 5.56 Å². The molecule has 0 N–H and O–H groups in total. The van der Waals surface area contributed by atoms with Crippen molar-refractivity contribution in [2.24, 2.45) is 0 Å². The molecule has 2 aromatic rings. The SMILES string of the molecule is CC(C)(C(=O)COc1ccc(Cl)cc1)c1cccc(Cl)c1. The Hall–Kier alpha value is -1.51. The molecule has 0 saturated carbocycles. The van der Waals surface area contributed by atoms with Crippen LogP contribution in [0.25, 0.3) is 0 Å². The Balaban J connectivity index is 2.06. The number of ketones is 1. The molecule has 0 aliphatic rings. The van der Waals surface area contributed by atoms with Crippen molar-refractivity contribution in [1.82, 2.24) is 0 Å². The lowest BCUT2D eigenvalue weighted by Crippen LogP contribution is -2.33. The fourth-order valence-electron chi connectivity index (χ4n) is 1.90. The van der Waals surface area contributed by atoms with E-state index in [1.54, 1.807) is 30.3 Å². The monoisotopic (exact) mass is 322 g/mol. The number of rotatable bonds is 5. The van der Waals surface area contributed by atoms with Gasteiger partial charge in [0.1, 0.15) is 12.4 Å². The van der Waals surface area contributed by atoms with Crippen molar-refractivity contribution in [3.63, 3.8) is 0 Å². The molecule has 2 rings (SSSR count). The molecule has 0 amide bonds. The third kappa shape index (κ3) is 3.99. The minimum atomic E-state index is -0.655. The first kappa shape index (κ1) is 15.9. The van der Waals surface area contributed by atoms with Crippen LogP contribution in [-0.4, -0.2) is 12.4 Å². The van der Waals surface area contributed by atoms with Crippen LogP contribution in [0.1, 0.15) is 19.4 Å². The van der Waals surface area contributed by atoms with E-state index in [1.165, 1.54) is 0 Å². The first-order valence-electron chi connectivity index (χ1n) is 6.57. The molecule has 0 heterocycles. The van der Waals surface area contributed by atoms with Crippen LogP contribution in [0, 0.1) is 0 Å². The zero-order valence-corrected chi connectivity index (χ0v) is 13.4. The first-order chi connectivity index (χ1) is 9.89. The van der Waals surface area contributed by atoms with Crippen molar-refractivity contribution in [2.75, 3.05) is 6.61 Å². The molecule has 0 aromatic heterocycles. The van der Waals surface area contributed by atoms with Gasteiger partial charge in [-0.3, -0.25) is 4.79 Å². The summed E-state index contributed by atoms with van der Waals surface area (Å²) in [5, 5.41) is 1.25. The van der Waals surface area contributed by atoms with Crippen LogP contribution < -0.4 is 4.74 Å². The van der Waals surface area contributed by atoms with Crippen LogP contribution in [0.2, 0.25) is 10.0 Å². The van der Waals surface area contributed by atoms with E-state index in [1.807, 2.05) is 32.0 Å². The van der Waals surface area contributed by atoms with Crippen molar-refractivity contribution in [3.8, 4) is 5.75 Å². The predicted octanol–water partition coefficient (Wildman–Crippen LogP) is 4.92. The van der Waals surface area contributed by atoms with Crippen molar-refractivity contribution in [1.29, 1.82) is 0 Å². The highest BCUT2D eigenvalue weighted by Gasteiger charge is 2.30. The molecule has 4 heteroatoms. The molecule has 2 aromatic carbocycles. The molecule has 0 saturated heterocycles. The average molecular weight is 323 g/mol. The van der Waals surface area contributed by atoms with Crippen molar-refractivity contribution in [3.05, 3.63) is 64.1 Å². The molecule has 0 radical (unpaired) electrons. The number of carbonyl (C=O) groups is 1. The highest BCUT2D eigenvalue weighted by molar-refractivity contribution is 6.30. The maximum atomic E-state index is 12.4. The minimum Gasteiger partial charge on any atom is -0.486 e. The van der Waals surface area contributed by atoms with E-state index in [-0.39, 0.29) is 12.4 Å². The maximum Gasteiger partial charge on any atom is 0.180 e. The molecule has 0 bridgehead atoms. The number of Topliss-reactive ketones (excluding diaryl/α,β-unsaturated/α-hetero) is 1. The van der Waals surface area contributed by atoms with Crippen LogP contribution in [-0.2, 0) is 10.2 Å². The summed E-state index contributed by atoms with van der Waals surface area (Å²) in [6.45, 7) is 3.74. The Labute approximate surface area is 134 Å². The Bertz CT molecular complexity index is 633. The lowest BCUT2D eigenvalue weighted by molar-refractivity contribution is -0.125. The van der Waals surface area contributed by atoms with E-state index in [0.29, 0.717) is 15.8 Å².